The zero-order valence-electron chi connectivity index (χ0n) is 16.6. The van der Waals surface area contributed by atoms with Gasteiger partial charge in [0, 0.05) is 0 Å². The highest BCUT2D eigenvalue weighted by atomic mass is 28.2. The average Bonchev–Trinajstić information content (AvgIpc) is 2.92. The number of allylic oxidation sites excluding steroid dienone is 3. The van der Waals surface area contributed by atoms with E-state index in [0.717, 1.165) is 18.3 Å². The molecule has 0 saturated heterocycles. The van der Waals surface area contributed by atoms with E-state index >= 15 is 0 Å². The second-order valence-electron chi connectivity index (χ2n) is 9.70. The zero-order chi connectivity index (χ0) is 18.0. The Balaban J connectivity index is 1.77. The molecule has 7 atom stereocenters. The second kappa shape index (κ2) is 5.92. The van der Waals surface area contributed by atoms with E-state index in [0.29, 0.717) is 27.7 Å². The molecule has 4 aliphatic rings. The van der Waals surface area contributed by atoms with Gasteiger partial charge in [-0.1, -0.05) is 38.8 Å². The molecule has 0 N–H and O–H groups in total. The summed E-state index contributed by atoms with van der Waals surface area (Å²) in [5.74, 6) is 3.32. The minimum absolute atomic E-state index is 0.124. The van der Waals surface area contributed by atoms with Crippen molar-refractivity contribution in [2.24, 2.45) is 34.5 Å². The van der Waals surface area contributed by atoms with Gasteiger partial charge in [-0.3, -0.25) is 4.79 Å². The first kappa shape index (κ1) is 17.7. The van der Waals surface area contributed by atoms with Crippen LogP contribution in [0.1, 0.15) is 66.2 Å². The molecule has 138 valence electrons. The number of hydrogen-bond donors (Lipinski definition) is 0. The molecule has 0 aliphatic heterocycles. The first-order chi connectivity index (χ1) is 11.8. The Kier molecular flexibility index (Phi) is 4.20. The highest BCUT2D eigenvalue weighted by Crippen LogP contribution is 2.66. The van der Waals surface area contributed by atoms with Crippen molar-refractivity contribution in [3.05, 3.63) is 23.3 Å². The highest BCUT2D eigenvalue weighted by Gasteiger charge is 2.59. The van der Waals surface area contributed by atoms with Crippen LogP contribution in [0.3, 0.4) is 0 Å². The van der Waals surface area contributed by atoms with Crippen molar-refractivity contribution in [3.8, 4) is 0 Å². The number of carbonyl (C=O) groups excluding carboxylic acids is 1. The van der Waals surface area contributed by atoms with Gasteiger partial charge in [0.15, 0.2) is 5.78 Å². The summed E-state index contributed by atoms with van der Waals surface area (Å²) in [7, 11) is 0.643. The summed E-state index contributed by atoms with van der Waals surface area (Å²) in [6.45, 7) is 9.73. The SMILES string of the molecule is CC[C@H]1CC[C@H]2[C@@H]3C(C)=CC4=CC(=O)C(O[SiH3])C[C@]4(C)[C@H]3CC[C@]12C. The van der Waals surface area contributed by atoms with Crippen molar-refractivity contribution in [1.82, 2.24) is 0 Å². The Hall–Kier alpha value is -0.673. The van der Waals surface area contributed by atoms with Crippen molar-refractivity contribution in [3.63, 3.8) is 0 Å². The topological polar surface area (TPSA) is 26.3 Å². The van der Waals surface area contributed by atoms with Crippen molar-refractivity contribution in [2.75, 3.05) is 0 Å². The maximum atomic E-state index is 12.4. The van der Waals surface area contributed by atoms with Gasteiger partial charge in [0.2, 0.25) is 0 Å². The minimum atomic E-state index is -0.187. The van der Waals surface area contributed by atoms with E-state index in [4.69, 9.17) is 4.43 Å². The maximum absolute atomic E-state index is 12.4. The summed E-state index contributed by atoms with van der Waals surface area (Å²) < 4.78 is 5.69. The van der Waals surface area contributed by atoms with Gasteiger partial charge < -0.3 is 4.43 Å². The smallest absolute Gasteiger partial charge is 0.183 e. The van der Waals surface area contributed by atoms with Crippen LogP contribution in [0, 0.1) is 34.5 Å². The van der Waals surface area contributed by atoms with Gasteiger partial charge >= 0.3 is 0 Å². The molecule has 0 aromatic heterocycles. The summed E-state index contributed by atoms with van der Waals surface area (Å²) in [6.07, 6.45) is 11.8. The number of hydrogen-bond acceptors (Lipinski definition) is 2. The van der Waals surface area contributed by atoms with Crippen LogP contribution in [0.2, 0.25) is 0 Å². The van der Waals surface area contributed by atoms with Gasteiger partial charge in [0.1, 0.15) is 16.6 Å². The molecule has 1 unspecified atom stereocenters. The Bertz CT molecular complexity index is 650. The van der Waals surface area contributed by atoms with Crippen LogP contribution >= 0.6 is 0 Å². The number of rotatable bonds is 2. The Morgan fingerprint density at radius 1 is 1.20 bits per heavy atom. The van der Waals surface area contributed by atoms with Crippen molar-refractivity contribution < 1.29 is 9.22 Å². The molecule has 4 rings (SSSR count). The predicted octanol–water partition coefficient (Wildman–Crippen LogP) is 3.99. The number of ketones is 1. The van der Waals surface area contributed by atoms with Crippen molar-refractivity contribution in [2.45, 2.75) is 72.3 Å². The third-order valence-electron chi connectivity index (χ3n) is 8.86. The fourth-order valence-corrected chi connectivity index (χ4v) is 7.80. The van der Waals surface area contributed by atoms with Crippen LogP contribution in [-0.2, 0) is 9.22 Å². The van der Waals surface area contributed by atoms with Gasteiger partial charge in [-0.25, -0.2) is 0 Å². The summed E-state index contributed by atoms with van der Waals surface area (Å²) in [6, 6.07) is 0. The molecule has 2 fully saturated rings. The molecule has 0 bridgehead atoms. The molecule has 4 aliphatic carbocycles. The van der Waals surface area contributed by atoms with Gasteiger partial charge in [-0.15, -0.1) is 0 Å². The lowest BCUT2D eigenvalue weighted by atomic mass is 9.47. The molecule has 0 aromatic rings. The molecule has 0 radical (unpaired) electrons. The molecule has 25 heavy (non-hydrogen) atoms. The van der Waals surface area contributed by atoms with Crippen molar-refractivity contribution >= 4 is 16.3 Å². The summed E-state index contributed by atoms with van der Waals surface area (Å²) in [5.41, 5.74) is 3.48. The quantitative estimate of drug-likeness (QED) is 0.698. The lowest BCUT2D eigenvalue weighted by molar-refractivity contribution is -0.124. The van der Waals surface area contributed by atoms with Crippen LogP contribution < -0.4 is 0 Å². The predicted molar refractivity (Wildman–Crippen MR) is 105 cm³/mol. The van der Waals surface area contributed by atoms with E-state index in [-0.39, 0.29) is 17.3 Å². The van der Waals surface area contributed by atoms with E-state index in [1.54, 1.807) is 5.57 Å². The second-order valence-corrected chi connectivity index (χ2v) is 10.2. The molecule has 0 aromatic carbocycles. The highest BCUT2D eigenvalue weighted by molar-refractivity contribution is 6.03. The molecule has 2 saturated carbocycles. The van der Waals surface area contributed by atoms with E-state index in [2.05, 4.69) is 33.8 Å². The molecular formula is C22H34O2Si. The molecule has 0 heterocycles. The Labute approximate surface area is 156 Å². The van der Waals surface area contributed by atoms with Gasteiger partial charge in [-0.05, 0) is 85.2 Å². The van der Waals surface area contributed by atoms with Crippen LogP contribution in [0.4, 0.5) is 0 Å². The third-order valence-corrected chi connectivity index (χ3v) is 9.42. The van der Waals surface area contributed by atoms with Crippen LogP contribution in [0.5, 0.6) is 0 Å². The van der Waals surface area contributed by atoms with E-state index in [1.165, 1.54) is 37.7 Å². The van der Waals surface area contributed by atoms with E-state index in [9.17, 15) is 4.79 Å². The lowest BCUT2D eigenvalue weighted by Gasteiger charge is -2.58. The summed E-state index contributed by atoms with van der Waals surface area (Å²) in [5, 5.41) is 0. The summed E-state index contributed by atoms with van der Waals surface area (Å²) >= 11 is 0. The van der Waals surface area contributed by atoms with Crippen LogP contribution in [0.15, 0.2) is 23.3 Å². The monoisotopic (exact) mass is 358 g/mol. The molecule has 0 spiro atoms. The Morgan fingerprint density at radius 2 is 1.96 bits per heavy atom. The molecule has 3 heteroatoms. The largest absolute Gasteiger partial charge is 0.418 e. The first-order valence-electron chi connectivity index (χ1n) is 10.3. The lowest BCUT2D eigenvalue weighted by Crippen LogP contribution is -2.52. The van der Waals surface area contributed by atoms with Gasteiger partial charge in [0.05, 0.1) is 0 Å². The number of fused-ring (bicyclic) bond motifs is 5. The zero-order valence-corrected chi connectivity index (χ0v) is 18.6. The molecule has 2 nitrogen and oxygen atoms in total. The average molecular weight is 359 g/mol. The molecule has 0 amide bonds. The maximum Gasteiger partial charge on any atom is 0.183 e. The standard InChI is InChI=1S/C22H34O2Si/c1-5-14-6-7-16-20-13(2)10-15-11-18(23)19(24-25)12-22(15,4)17(20)8-9-21(14,16)3/h10-11,14,16-17,19-20H,5-9,12H2,1-4,25H3/t14-,16-,17-,19?,20-,21+,22-/m0/s1. The van der Waals surface area contributed by atoms with Crippen LogP contribution in [-0.4, -0.2) is 22.4 Å². The third kappa shape index (κ3) is 2.34. The minimum Gasteiger partial charge on any atom is -0.418 e. The van der Waals surface area contributed by atoms with Gasteiger partial charge in [-0.2, -0.15) is 0 Å². The first-order valence-corrected chi connectivity index (χ1v) is 11.1. The Morgan fingerprint density at radius 3 is 2.64 bits per heavy atom. The van der Waals surface area contributed by atoms with Crippen LogP contribution in [0.25, 0.3) is 0 Å². The van der Waals surface area contributed by atoms with E-state index < -0.39 is 0 Å². The van der Waals surface area contributed by atoms with E-state index in [1.807, 2.05) is 6.08 Å². The fourth-order valence-electron chi connectivity index (χ4n) is 7.40. The number of carbonyl (C=O) groups is 1. The van der Waals surface area contributed by atoms with Crippen molar-refractivity contribution in [1.29, 1.82) is 0 Å². The fraction of sp³-hybridized carbons (Fsp3) is 0.773. The molecular weight excluding hydrogens is 324 g/mol. The summed E-state index contributed by atoms with van der Waals surface area (Å²) in [4.78, 5) is 12.4. The van der Waals surface area contributed by atoms with Gasteiger partial charge in [0.25, 0.3) is 0 Å². The normalized spacial score (nSPS) is 49.1.